The Kier molecular flexibility index (Phi) is 4.08. The zero-order valence-electron chi connectivity index (χ0n) is 9.84. The van der Waals surface area contributed by atoms with Gasteiger partial charge in [0.05, 0.1) is 5.69 Å². The van der Waals surface area contributed by atoms with Gasteiger partial charge in [0.2, 0.25) is 0 Å². The molecule has 1 aromatic carbocycles. The molecule has 86 valence electrons. The molecule has 0 unspecified atom stereocenters. The zero-order valence-corrected chi connectivity index (χ0v) is 9.84. The number of rotatable bonds is 1. The lowest BCUT2D eigenvalue weighted by Crippen LogP contribution is -2.18. The third-order valence-corrected chi connectivity index (χ3v) is 2.35. The first-order valence-corrected chi connectivity index (χ1v) is 5.09. The Labute approximate surface area is 94.9 Å². The third kappa shape index (κ3) is 2.23. The Hall–Kier alpha value is -1.81. The van der Waals surface area contributed by atoms with Gasteiger partial charge in [0.15, 0.2) is 0 Å². The van der Waals surface area contributed by atoms with Gasteiger partial charge in [-0.15, -0.1) is 0 Å². The lowest BCUT2D eigenvalue weighted by molar-refractivity contribution is 0.630. The number of nitrogens with two attached hydrogens (primary N) is 1. The van der Waals surface area contributed by atoms with Crippen LogP contribution in [0.1, 0.15) is 5.69 Å². The molecule has 0 saturated carbocycles. The summed E-state index contributed by atoms with van der Waals surface area (Å²) in [6.45, 7) is 1.92. The van der Waals surface area contributed by atoms with Gasteiger partial charge in [-0.05, 0) is 26.1 Å². The number of hydrogen-bond donors (Lipinski definition) is 1. The number of aryl methyl sites for hydroxylation is 1. The molecule has 0 bridgehead atoms. The van der Waals surface area contributed by atoms with Crippen molar-refractivity contribution in [2.75, 3.05) is 7.05 Å². The van der Waals surface area contributed by atoms with E-state index in [1.54, 1.807) is 10.7 Å². The van der Waals surface area contributed by atoms with Gasteiger partial charge < -0.3 is 5.73 Å². The second kappa shape index (κ2) is 5.32. The molecule has 0 fully saturated rings. The van der Waals surface area contributed by atoms with Gasteiger partial charge in [0, 0.05) is 18.8 Å². The Bertz CT molecular complexity index is 497. The van der Waals surface area contributed by atoms with Gasteiger partial charge in [0.1, 0.15) is 0 Å². The molecule has 1 heterocycles. The molecule has 1 aromatic heterocycles. The van der Waals surface area contributed by atoms with Crippen molar-refractivity contribution in [3.63, 3.8) is 0 Å². The molecule has 0 aliphatic rings. The standard InChI is InChI=1S/C11H12N2O.CH5N/c1-9-8-11(14)13(12(9)2)10-6-4-3-5-7-10;1-2/h3-8H,1-2H3;2H2,1H3. The molecule has 0 aliphatic carbocycles. The highest BCUT2D eigenvalue weighted by atomic mass is 16.1. The van der Waals surface area contributed by atoms with Crippen molar-refractivity contribution in [2.24, 2.45) is 12.8 Å². The van der Waals surface area contributed by atoms with E-state index < -0.39 is 0 Å². The molecule has 0 saturated heterocycles. The van der Waals surface area contributed by atoms with Gasteiger partial charge in [-0.1, -0.05) is 18.2 Å². The summed E-state index contributed by atoms with van der Waals surface area (Å²) >= 11 is 0. The van der Waals surface area contributed by atoms with Gasteiger partial charge in [-0.2, -0.15) is 0 Å². The summed E-state index contributed by atoms with van der Waals surface area (Å²) in [6.07, 6.45) is 0. The second-order valence-corrected chi connectivity index (χ2v) is 3.29. The van der Waals surface area contributed by atoms with Gasteiger partial charge in [0.25, 0.3) is 5.56 Å². The van der Waals surface area contributed by atoms with Crippen molar-refractivity contribution in [3.8, 4) is 5.69 Å². The van der Waals surface area contributed by atoms with E-state index in [-0.39, 0.29) is 5.56 Å². The van der Waals surface area contributed by atoms with Gasteiger partial charge in [-0.3, -0.25) is 9.48 Å². The van der Waals surface area contributed by atoms with Crippen LogP contribution in [0.2, 0.25) is 0 Å². The molecule has 4 nitrogen and oxygen atoms in total. The SMILES string of the molecule is CN.Cc1cc(=O)n(-c2ccccc2)n1C. The highest BCUT2D eigenvalue weighted by molar-refractivity contribution is 5.30. The summed E-state index contributed by atoms with van der Waals surface area (Å²) in [5, 5.41) is 0. The van der Waals surface area contributed by atoms with Crippen LogP contribution in [0.15, 0.2) is 41.2 Å². The Morgan fingerprint density at radius 1 is 1.12 bits per heavy atom. The van der Waals surface area contributed by atoms with E-state index in [9.17, 15) is 4.79 Å². The fraction of sp³-hybridized carbons (Fsp3) is 0.250. The van der Waals surface area contributed by atoms with E-state index >= 15 is 0 Å². The second-order valence-electron chi connectivity index (χ2n) is 3.29. The molecular formula is C12H17N3O. The minimum atomic E-state index is 0.0104. The maximum atomic E-state index is 11.6. The lowest BCUT2D eigenvalue weighted by atomic mass is 10.3. The number of benzene rings is 1. The summed E-state index contributed by atoms with van der Waals surface area (Å²) < 4.78 is 3.49. The van der Waals surface area contributed by atoms with Crippen LogP contribution in [-0.4, -0.2) is 16.4 Å². The average molecular weight is 219 g/mol. The van der Waals surface area contributed by atoms with Crippen molar-refractivity contribution in [3.05, 3.63) is 52.4 Å². The van der Waals surface area contributed by atoms with E-state index in [1.807, 2.05) is 49.0 Å². The number of para-hydroxylation sites is 1. The van der Waals surface area contributed by atoms with Crippen LogP contribution in [0, 0.1) is 6.92 Å². The van der Waals surface area contributed by atoms with E-state index in [2.05, 4.69) is 5.73 Å². The summed E-state index contributed by atoms with van der Waals surface area (Å²) in [4.78, 5) is 11.6. The summed E-state index contributed by atoms with van der Waals surface area (Å²) in [7, 11) is 3.38. The Morgan fingerprint density at radius 2 is 1.69 bits per heavy atom. The van der Waals surface area contributed by atoms with Gasteiger partial charge in [-0.25, -0.2) is 4.68 Å². The molecular weight excluding hydrogens is 202 g/mol. The van der Waals surface area contributed by atoms with Crippen molar-refractivity contribution in [1.82, 2.24) is 9.36 Å². The molecule has 2 rings (SSSR count). The number of hydrogen-bond acceptors (Lipinski definition) is 2. The fourth-order valence-corrected chi connectivity index (χ4v) is 1.51. The predicted molar refractivity (Wildman–Crippen MR) is 65.9 cm³/mol. The maximum Gasteiger partial charge on any atom is 0.271 e. The molecule has 4 heteroatoms. The molecule has 2 aromatic rings. The van der Waals surface area contributed by atoms with Crippen LogP contribution in [0.3, 0.4) is 0 Å². The largest absolute Gasteiger partial charge is 0.333 e. The van der Waals surface area contributed by atoms with Crippen LogP contribution >= 0.6 is 0 Å². The van der Waals surface area contributed by atoms with Crippen molar-refractivity contribution in [2.45, 2.75) is 6.92 Å². The molecule has 2 N–H and O–H groups in total. The third-order valence-electron chi connectivity index (χ3n) is 2.35. The molecule has 0 amide bonds. The number of aromatic nitrogens is 2. The van der Waals surface area contributed by atoms with Crippen molar-refractivity contribution in [1.29, 1.82) is 0 Å². The molecule has 0 spiro atoms. The highest BCUT2D eigenvalue weighted by Crippen LogP contribution is 2.04. The fourth-order valence-electron chi connectivity index (χ4n) is 1.51. The van der Waals surface area contributed by atoms with E-state index in [1.165, 1.54) is 7.05 Å². The van der Waals surface area contributed by atoms with Crippen LogP contribution in [0.5, 0.6) is 0 Å². The number of nitrogens with zero attached hydrogens (tertiary/aromatic N) is 2. The Balaban J connectivity index is 0.000000606. The molecule has 0 atom stereocenters. The predicted octanol–water partition coefficient (Wildman–Crippen LogP) is 1.06. The Morgan fingerprint density at radius 3 is 2.12 bits per heavy atom. The van der Waals surface area contributed by atoms with Gasteiger partial charge >= 0.3 is 0 Å². The minimum absolute atomic E-state index is 0.0104. The lowest BCUT2D eigenvalue weighted by Gasteiger charge is -2.07. The van der Waals surface area contributed by atoms with Crippen LogP contribution in [0.25, 0.3) is 5.69 Å². The highest BCUT2D eigenvalue weighted by Gasteiger charge is 2.05. The average Bonchev–Trinajstić information content (AvgIpc) is 2.57. The normalized spacial score (nSPS) is 9.50. The molecule has 0 aliphatic heterocycles. The van der Waals surface area contributed by atoms with Crippen LogP contribution in [-0.2, 0) is 7.05 Å². The quantitative estimate of drug-likeness (QED) is 0.779. The van der Waals surface area contributed by atoms with Crippen molar-refractivity contribution < 1.29 is 0 Å². The van der Waals surface area contributed by atoms with Crippen LogP contribution in [0.4, 0.5) is 0 Å². The summed E-state index contributed by atoms with van der Waals surface area (Å²) in [6, 6.07) is 11.2. The molecule has 16 heavy (non-hydrogen) atoms. The first-order valence-electron chi connectivity index (χ1n) is 5.09. The topological polar surface area (TPSA) is 53.0 Å². The summed E-state index contributed by atoms with van der Waals surface area (Å²) in [5.41, 5.74) is 6.36. The van der Waals surface area contributed by atoms with E-state index in [0.717, 1.165) is 11.4 Å². The monoisotopic (exact) mass is 219 g/mol. The summed E-state index contributed by atoms with van der Waals surface area (Å²) in [5.74, 6) is 0. The first-order chi connectivity index (χ1) is 7.70. The molecule has 0 radical (unpaired) electrons. The minimum Gasteiger partial charge on any atom is -0.333 e. The van der Waals surface area contributed by atoms with Crippen molar-refractivity contribution >= 4 is 0 Å². The zero-order chi connectivity index (χ0) is 12.1. The maximum absolute atomic E-state index is 11.6. The van der Waals surface area contributed by atoms with Crippen LogP contribution < -0.4 is 11.3 Å². The van der Waals surface area contributed by atoms with E-state index in [4.69, 9.17) is 0 Å². The van der Waals surface area contributed by atoms with E-state index in [0.29, 0.717) is 0 Å². The smallest absolute Gasteiger partial charge is 0.271 e. The first kappa shape index (κ1) is 12.3.